The second kappa shape index (κ2) is 10.7. The summed E-state index contributed by atoms with van der Waals surface area (Å²) < 4.78 is 0. The predicted octanol–water partition coefficient (Wildman–Crippen LogP) is 12.4. The Morgan fingerprint density at radius 1 is 0.295 bits per heavy atom. The van der Waals surface area contributed by atoms with Crippen molar-refractivity contribution in [1.82, 2.24) is 0 Å². The highest BCUT2D eigenvalue weighted by Crippen LogP contribution is 2.45. The summed E-state index contributed by atoms with van der Waals surface area (Å²) in [4.78, 5) is 0. The smallest absolute Gasteiger partial charge is 0.00201 e. The highest BCUT2D eigenvalue weighted by molar-refractivity contribution is 6.23. The fraction of sp³-hybridized carbons (Fsp3) is 0.0455. The zero-order valence-electron chi connectivity index (χ0n) is 25.0. The first-order chi connectivity index (χ1) is 21.7. The van der Waals surface area contributed by atoms with E-state index in [2.05, 4.69) is 172 Å². The summed E-state index contributed by atoms with van der Waals surface area (Å²) in [6.07, 6.45) is 0. The van der Waals surface area contributed by atoms with Gasteiger partial charge in [0, 0.05) is 0 Å². The van der Waals surface area contributed by atoms with E-state index >= 15 is 0 Å². The molecule has 44 heavy (non-hydrogen) atoms. The molecule has 0 amide bonds. The normalized spacial score (nSPS) is 11.4. The topological polar surface area (TPSA) is 0 Å². The third-order valence-electron chi connectivity index (χ3n) is 9.17. The number of rotatable bonds is 4. The Balaban J connectivity index is 1.31. The van der Waals surface area contributed by atoms with Gasteiger partial charge in [0.25, 0.3) is 0 Å². The number of aryl methyl sites for hydroxylation is 2. The molecule has 0 bridgehead atoms. The first-order valence-electron chi connectivity index (χ1n) is 15.4. The van der Waals surface area contributed by atoms with Crippen molar-refractivity contribution in [3.05, 3.63) is 169 Å². The minimum absolute atomic E-state index is 1.23. The Morgan fingerprint density at radius 3 is 1.45 bits per heavy atom. The van der Waals surface area contributed by atoms with E-state index in [-0.39, 0.29) is 0 Å². The molecule has 0 aliphatic rings. The molecule has 8 aromatic rings. The van der Waals surface area contributed by atoms with E-state index in [0.29, 0.717) is 0 Å². The lowest BCUT2D eigenvalue weighted by atomic mass is 9.84. The minimum Gasteiger partial charge on any atom is -0.0620 e. The van der Waals surface area contributed by atoms with E-state index in [9.17, 15) is 0 Å². The number of hydrogen-bond acceptors (Lipinski definition) is 0. The summed E-state index contributed by atoms with van der Waals surface area (Å²) in [5.74, 6) is 0. The molecule has 0 aliphatic heterocycles. The molecule has 0 heterocycles. The molecule has 0 aliphatic carbocycles. The van der Waals surface area contributed by atoms with Crippen molar-refractivity contribution >= 4 is 32.3 Å². The highest BCUT2D eigenvalue weighted by atomic mass is 14.2. The fourth-order valence-electron chi connectivity index (χ4n) is 6.97. The van der Waals surface area contributed by atoms with Crippen molar-refractivity contribution in [2.45, 2.75) is 13.8 Å². The molecule has 0 aromatic heterocycles. The molecule has 0 N–H and O–H groups in total. The van der Waals surface area contributed by atoms with Crippen molar-refractivity contribution in [1.29, 1.82) is 0 Å². The van der Waals surface area contributed by atoms with Gasteiger partial charge in [0.1, 0.15) is 0 Å². The van der Waals surface area contributed by atoms with Gasteiger partial charge < -0.3 is 0 Å². The average molecular weight is 561 g/mol. The Hall–Kier alpha value is -5.46. The third-order valence-corrected chi connectivity index (χ3v) is 9.17. The van der Waals surface area contributed by atoms with Crippen LogP contribution in [0.4, 0.5) is 0 Å². The van der Waals surface area contributed by atoms with E-state index < -0.39 is 0 Å². The summed E-state index contributed by atoms with van der Waals surface area (Å²) in [7, 11) is 0. The van der Waals surface area contributed by atoms with Crippen LogP contribution in [-0.4, -0.2) is 0 Å². The molecule has 0 fully saturated rings. The second-order valence-electron chi connectivity index (χ2n) is 11.8. The van der Waals surface area contributed by atoms with Crippen molar-refractivity contribution in [3.8, 4) is 44.5 Å². The van der Waals surface area contributed by atoms with E-state index in [1.165, 1.54) is 88.0 Å². The van der Waals surface area contributed by atoms with Gasteiger partial charge in [-0.3, -0.25) is 0 Å². The molecule has 8 aromatic carbocycles. The average Bonchev–Trinajstić information content (AvgIpc) is 3.08. The first-order valence-corrected chi connectivity index (χ1v) is 15.4. The lowest BCUT2D eigenvalue weighted by Gasteiger charge is -2.19. The quantitative estimate of drug-likeness (QED) is 0.188. The molecule has 0 atom stereocenters. The molecule has 0 saturated carbocycles. The highest BCUT2D eigenvalue weighted by Gasteiger charge is 2.18. The first kappa shape index (κ1) is 26.2. The van der Waals surface area contributed by atoms with Gasteiger partial charge in [-0.15, -0.1) is 0 Å². The fourth-order valence-corrected chi connectivity index (χ4v) is 6.97. The third kappa shape index (κ3) is 4.31. The van der Waals surface area contributed by atoms with Crippen LogP contribution < -0.4 is 0 Å². The maximum Gasteiger partial charge on any atom is -0.00201 e. The molecule has 8 rings (SSSR count). The Kier molecular flexibility index (Phi) is 6.35. The summed E-state index contributed by atoms with van der Waals surface area (Å²) in [5, 5.41) is 7.66. The molecule has 0 radical (unpaired) electrons. The van der Waals surface area contributed by atoms with Crippen LogP contribution >= 0.6 is 0 Å². The molecule has 0 nitrogen and oxygen atoms in total. The van der Waals surface area contributed by atoms with E-state index in [0.717, 1.165) is 0 Å². The van der Waals surface area contributed by atoms with Crippen LogP contribution in [0.15, 0.2) is 158 Å². The van der Waals surface area contributed by atoms with Crippen LogP contribution in [-0.2, 0) is 0 Å². The van der Waals surface area contributed by atoms with Crippen molar-refractivity contribution in [2.75, 3.05) is 0 Å². The lowest BCUT2D eigenvalue weighted by Crippen LogP contribution is -1.92. The zero-order valence-corrected chi connectivity index (χ0v) is 25.0. The van der Waals surface area contributed by atoms with Gasteiger partial charge in [-0.05, 0) is 108 Å². The molecule has 0 saturated heterocycles. The molecule has 0 heteroatoms. The van der Waals surface area contributed by atoms with E-state index in [1.54, 1.807) is 0 Å². The zero-order chi connectivity index (χ0) is 29.6. The SMILES string of the molecule is Cc1ccccc1-c1cc(-c2ccc(-c3c4ccccc4c(-c4cccc5ccccc45)c4ccccc34)cc2)ccc1C. The Morgan fingerprint density at radius 2 is 0.773 bits per heavy atom. The van der Waals surface area contributed by atoms with E-state index in [4.69, 9.17) is 0 Å². The molecule has 208 valence electrons. The number of benzene rings is 8. The minimum atomic E-state index is 1.23. The van der Waals surface area contributed by atoms with Gasteiger partial charge in [-0.2, -0.15) is 0 Å². The molecular formula is C44H32. The van der Waals surface area contributed by atoms with Gasteiger partial charge in [0.15, 0.2) is 0 Å². The summed E-state index contributed by atoms with van der Waals surface area (Å²) in [6.45, 7) is 4.39. The van der Waals surface area contributed by atoms with Crippen LogP contribution in [0.25, 0.3) is 76.8 Å². The van der Waals surface area contributed by atoms with E-state index in [1.807, 2.05) is 0 Å². The number of fused-ring (bicyclic) bond motifs is 3. The van der Waals surface area contributed by atoms with Crippen molar-refractivity contribution < 1.29 is 0 Å². The Labute approximate surface area is 258 Å². The van der Waals surface area contributed by atoms with Crippen molar-refractivity contribution in [3.63, 3.8) is 0 Å². The summed E-state index contributed by atoms with van der Waals surface area (Å²) >= 11 is 0. The maximum atomic E-state index is 2.34. The van der Waals surface area contributed by atoms with Crippen LogP contribution in [0.5, 0.6) is 0 Å². The molecule has 0 unspecified atom stereocenters. The second-order valence-corrected chi connectivity index (χ2v) is 11.8. The predicted molar refractivity (Wildman–Crippen MR) is 190 cm³/mol. The molecule has 0 spiro atoms. The van der Waals surface area contributed by atoms with Crippen LogP contribution in [0.1, 0.15) is 11.1 Å². The van der Waals surface area contributed by atoms with Crippen LogP contribution in [0, 0.1) is 13.8 Å². The standard InChI is InChI=1S/C44H32/c1-29-12-3-5-15-35(29)42-28-34(23-22-30(42)2)31-24-26-33(27-25-31)43-38-17-7-9-19-40(38)44(41-20-10-8-18-39(41)43)37-21-11-14-32-13-4-6-16-36(32)37/h3-28H,1-2H3. The molecular weight excluding hydrogens is 528 g/mol. The van der Waals surface area contributed by atoms with Gasteiger partial charge in [0.05, 0.1) is 0 Å². The van der Waals surface area contributed by atoms with Gasteiger partial charge in [-0.1, -0.05) is 152 Å². The van der Waals surface area contributed by atoms with Gasteiger partial charge >= 0.3 is 0 Å². The maximum absolute atomic E-state index is 2.34. The summed E-state index contributed by atoms with van der Waals surface area (Å²) in [5.41, 5.74) is 12.8. The number of hydrogen-bond donors (Lipinski definition) is 0. The largest absolute Gasteiger partial charge is 0.0620 e. The monoisotopic (exact) mass is 560 g/mol. The van der Waals surface area contributed by atoms with Gasteiger partial charge in [-0.25, -0.2) is 0 Å². The Bertz CT molecular complexity index is 2280. The van der Waals surface area contributed by atoms with Crippen LogP contribution in [0.3, 0.4) is 0 Å². The lowest BCUT2D eigenvalue weighted by molar-refractivity contribution is 1.41. The van der Waals surface area contributed by atoms with Crippen LogP contribution in [0.2, 0.25) is 0 Å². The van der Waals surface area contributed by atoms with Crippen molar-refractivity contribution in [2.24, 2.45) is 0 Å². The van der Waals surface area contributed by atoms with Gasteiger partial charge in [0.2, 0.25) is 0 Å². The summed E-state index contributed by atoms with van der Waals surface area (Å²) in [6, 6.07) is 57.9.